The number of phenols is 1. The molecule has 1 aromatic carbocycles. The molecule has 2 N–H and O–H groups in total. The van der Waals surface area contributed by atoms with Gasteiger partial charge in [-0.15, -0.1) is 0 Å². The van der Waals surface area contributed by atoms with Crippen molar-refractivity contribution in [3.63, 3.8) is 0 Å². The Morgan fingerprint density at radius 2 is 1.87 bits per heavy atom. The molecule has 0 radical (unpaired) electrons. The molecular weight excluding hydrogens is 188 g/mol. The number of phenolic OH excluding ortho intramolecular Hbond substituents is 1. The van der Waals surface area contributed by atoms with Crippen LogP contribution >= 0.6 is 0 Å². The lowest BCUT2D eigenvalue weighted by Gasteiger charge is -2.16. The van der Waals surface area contributed by atoms with Crippen LogP contribution in [0.5, 0.6) is 5.75 Å². The number of aliphatic hydroxyl groups is 1. The van der Waals surface area contributed by atoms with E-state index in [1.54, 1.807) is 12.1 Å². The Bertz CT molecular complexity index is 367. The van der Waals surface area contributed by atoms with E-state index in [-0.39, 0.29) is 5.41 Å². The summed E-state index contributed by atoms with van der Waals surface area (Å²) < 4.78 is 0. The molecule has 2 nitrogen and oxygen atoms in total. The zero-order valence-electron chi connectivity index (χ0n) is 8.69. The van der Waals surface area contributed by atoms with Crippen molar-refractivity contribution in [2.45, 2.75) is 24.7 Å². The molecule has 0 amide bonds. The van der Waals surface area contributed by atoms with E-state index in [9.17, 15) is 10.2 Å². The molecule has 2 atom stereocenters. The molecular formula is C13H16O2. The number of rotatable bonds is 3. The molecule has 0 saturated heterocycles. The Labute approximate surface area is 89.6 Å². The summed E-state index contributed by atoms with van der Waals surface area (Å²) in [5, 5.41) is 18.6. The van der Waals surface area contributed by atoms with E-state index in [4.69, 9.17) is 0 Å². The van der Waals surface area contributed by atoms with Gasteiger partial charge < -0.3 is 10.2 Å². The molecule has 0 spiro atoms. The van der Waals surface area contributed by atoms with Crippen molar-refractivity contribution in [1.29, 1.82) is 0 Å². The third kappa shape index (κ3) is 1.28. The van der Waals surface area contributed by atoms with Gasteiger partial charge in [0, 0.05) is 12.0 Å². The Balaban J connectivity index is 1.93. The number of aliphatic hydroxyl groups excluding tert-OH is 1. The van der Waals surface area contributed by atoms with Gasteiger partial charge in [-0.05, 0) is 48.8 Å². The first-order valence-electron chi connectivity index (χ1n) is 5.68. The van der Waals surface area contributed by atoms with Crippen LogP contribution in [0.2, 0.25) is 0 Å². The number of hydrogen-bond acceptors (Lipinski definition) is 2. The van der Waals surface area contributed by atoms with E-state index in [0.717, 1.165) is 12.3 Å². The van der Waals surface area contributed by atoms with Crippen molar-refractivity contribution in [2.75, 3.05) is 6.61 Å². The molecule has 15 heavy (non-hydrogen) atoms. The summed E-state index contributed by atoms with van der Waals surface area (Å²) in [6, 6.07) is 7.55. The first-order chi connectivity index (χ1) is 7.27. The fourth-order valence-electron chi connectivity index (χ4n) is 3.04. The van der Waals surface area contributed by atoms with E-state index in [1.165, 1.54) is 18.4 Å². The van der Waals surface area contributed by atoms with Gasteiger partial charge in [-0.1, -0.05) is 12.1 Å². The first-order valence-corrected chi connectivity index (χ1v) is 5.68. The largest absolute Gasteiger partial charge is 0.508 e. The highest BCUT2D eigenvalue weighted by Gasteiger charge is 2.62. The van der Waals surface area contributed by atoms with Gasteiger partial charge in [-0.2, -0.15) is 0 Å². The van der Waals surface area contributed by atoms with Crippen LogP contribution in [-0.4, -0.2) is 16.8 Å². The maximum absolute atomic E-state index is 9.28. The molecule has 2 aliphatic rings. The summed E-state index contributed by atoms with van der Waals surface area (Å²) in [4.78, 5) is 0. The molecule has 2 fully saturated rings. The minimum atomic E-state index is 0.252. The molecule has 2 saturated carbocycles. The van der Waals surface area contributed by atoms with E-state index in [1.807, 2.05) is 12.1 Å². The Morgan fingerprint density at radius 1 is 1.20 bits per heavy atom. The molecule has 1 aromatic rings. The fraction of sp³-hybridized carbons (Fsp3) is 0.538. The zero-order chi connectivity index (χ0) is 10.5. The summed E-state index contributed by atoms with van der Waals surface area (Å²) in [6.07, 6.45) is 3.73. The van der Waals surface area contributed by atoms with Crippen LogP contribution in [0.4, 0.5) is 0 Å². The molecule has 0 heterocycles. The van der Waals surface area contributed by atoms with Crippen molar-refractivity contribution in [1.82, 2.24) is 0 Å². The summed E-state index contributed by atoms with van der Waals surface area (Å²) in [5.41, 5.74) is 1.56. The molecule has 80 valence electrons. The topological polar surface area (TPSA) is 40.5 Å². The maximum Gasteiger partial charge on any atom is 0.115 e. The van der Waals surface area contributed by atoms with Gasteiger partial charge >= 0.3 is 0 Å². The van der Waals surface area contributed by atoms with Crippen LogP contribution in [-0.2, 0) is 5.41 Å². The van der Waals surface area contributed by atoms with Crippen LogP contribution in [0.15, 0.2) is 24.3 Å². The summed E-state index contributed by atoms with van der Waals surface area (Å²) in [7, 11) is 0. The van der Waals surface area contributed by atoms with Gasteiger partial charge in [0.1, 0.15) is 5.75 Å². The average Bonchev–Trinajstić information content (AvgIpc) is 3.12. The van der Waals surface area contributed by atoms with Crippen molar-refractivity contribution in [3.05, 3.63) is 29.8 Å². The predicted octanol–water partition coefficient (Wildman–Crippen LogP) is 2.05. The molecule has 2 unspecified atom stereocenters. The van der Waals surface area contributed by atoms with E-state index < -0.39 is 0 Å². The van der Waals surface area contributed by atoms with Crippen molar-refractivity contribution < 1.29 is 10.2 Å². The average molecular weight is 204 g/mol. The molecule has 0 aromatic heterocycles. The van der Waals surface area contributed by atoms with Crippen LogP contribution in [0.1, 0.15) is 24.8 Å². The fourth-order valence-corrected chi connectivity index (χ4v) is 3.04. The summed E-state index contributed by atoms with van der Waals surface area (Å²) in [6.45, 7) is 0.303. The highest BCUT2D eigenvalue weighted by atomic mass is 16.3. The number of benzene rings is 1. The smallest absolute Gasteiger partial charge is 0.115 e. The lowest BCUT2D eigenvalue weighted by Crippen LogP contribution is -2.14. The summed E-state index contributed by atoms with van der Waals surface area (Å²) in [5.74, 6) is 1.56. The number of hydrogen-bond donors (Lipinski definition) is 2. The van der Waals surface area contributed by atoms with E-state index in [2.05, 4.69) is 0 Å². The van der Waals surface area contributed by atoms with Crippen LogP contribution in [0, 0.1) is 11.8 Å². The third-order valence-electron chi connectivity index (χ3n) is 4.08. The van der Waals surface area contributed by atoms with Crippen molar-refractivity contribution >= 4 is 0 Å². The molecule has 0 bridgehead atoms. The molecule has 0 aliphatic heterocycles. The van der Waals surface area contributed by atoms with E-state index in [0.29, 0.717) is 18.3 Å². The van der Waals surface area contributed by atoms with Gasteiger partial charge in [0.2, 0.25) is 0 Å². The SMILES string of the molecule is OCC1CC1(c1ccc(O)cc1)C1CC1. The maximum atomic E-state index is 9.28. The zero-order valence-corrected chi connectivity index (χ0v) is 8.69. The highest BCUT2D eigenvalue weighted by molar-refractivity contribution is 5.39. The standard InChI is InChI=1S/C13H16O2/c14-8-11-7-13(11,9-1-2-9)10-3-5-12(15)6-4-10/h3-6,9,11,14-15H,1-2,7-8H2. The van der Waals surface area contributed by atoms with Gasteiger partial charge in [-0.3, -0.25) is 0 Å². The predicted molar refractivity (Wildman–Crippen MR) is 57.7 cm³/mol. The minimum absolute atomic E-state index is 0.252. The Morgan fingerprint density at radius 3 is 2.33 bits per heavy atom. The van der Waals surface area contributed by atoms with Gasteiger partial charge in [0.25, 0.3) is 0 Å². The van der Waals surface area contributed by atoms with Gasteiger partial charge in [0.05, 0.1) is 0 Å². The monoisotopic (exact) mass is 204 g/mol. The molecule has 2 heteroatoms. The Hall–Kier alpha value is -1.02. The normalized spacial score (nSPS) is 34.1. The molecule has 3 rings (SSSR count). The second-order valence-electron chi connectivity index (χ2n) is 4.95. The molecule has 2 aliphatic carbocycles. The quantitative estimate of drug-likeness (QED) is 0.791. The lowest BCUT2D eigenvalue weighted by molar-refractivity contribution is 0.259. The number of aromatic hydroxyl groups is 1. The second kappa shape index (κ2) is 2.99. The highest BCUT2D eigenvalue weighted by Crippen LogP contribution is 2.65. The van der Waals surface area contributed by atoms with Crippen LogP contribution in [0.3, 0.4) is 0 Å². The summed E-state index contributed by atoms with van der Waals surface area (Å²) >= 11 is 0. The van der Waals surface area contributed by atoms with E-state index >= 15 is 0 Å². The third-order valence-corrected chi connectivity index (χ3v) is 4.08. The van der Waals surface area contributed by atoms with Crippen LogP contribution in [0.25, 0.3) is 0 Å². The van der Waals surface area contributed by atoms with Crippen molar-refractivity contribution in [3.8, 4) is 5.75 Å². The Kier molecular flexibility index (Phi) is 1.84. The second-order valence-corrected chi connectivity index (χ2v) is 4.95. The first kappa shape index (κ1) is 9.22. The van der Waals surface area contributed by atoms with Gasteiger partial charge in [-0.25, -0.2) is 0 Å². The van der Waals surface area contributed by atoms with Crippen molar-refractivity contribution in [2.24, 2.45) is 11.8 Å². The lowest BCUT2D eigenvalue weighted by atomic mass is 9.88. The minimum Gasteiger partial charge on any atom is -0.508 e. The van der Waals surface area contributed by atoms with Gasteiger partial charge in [0.15, 0.2) is 0 Å². The van der Waals surface area contributed by atoms with Crippen LogP contribution < -0.4 is 0 Å².